The molecule has 0 radical (unpaired) electrons. The lowest BCUT2D eigenvalue weighted by Crippen LogP contribution is -2.36. The lowest BCUT2D eigenvalue weighted by molar-refractivity contribution is -0.119. The second-order valence-electron chi connectivity index (χ2n) is 4.22. The Labute approximate surface area is 111 Å². The Hall–Kier alpha value is -2.24. The fourth-order valence-electron chi connectivity index (χ4n) is 2.04. The molecule has 6 heteroatoms. The first kappa shape index (κ1) is 13.2. The zero-order chi connectivity index (χ0) is 13.8. The third-order valence-electron chi connectivity index (χ3n) is 2.96. The van der Waals surface area contributed by atoms with E-state index in [4.69, 9.17) is 9.47 Å². The molecule has 1 aromatic rings. The number of hydrogen-bond donors (Lipinski definition) is 2. The molecule has 1 atom stereocenters. The zero-order valence-corrected chi connectivity index (χ0v) is 10.9. The topological polar surface area (TPSA) is 76.7 Å². The fraction of sp³-hybridized carbons (Fsp3) is 0.385. The van der Waals surface area contributed by atoms with E-state index in [1.165, 1.54) is 14.2 Å². The number of rotatable bonds is 4. The standard InChI is InChI=1S/C13H16N2O4/c1-18-10-5-3-4-9(12(10)19-2)13(17)15-8-6-11(16)14-7-8/h3-5,8H,6-7H2,1-2H3,(H,14,16)(H,15,17)/t8-/m0/s1. The van der Waals surface area contributed by atoms with Gasteiger partial charge in [-0.1, -0.05) is 6.07 Å². The van der Waals surface area contributed by atoms with Crippen LogP contribution in [0.4, 0.5) is 0 Å². The normalized spacial score (nSPS) is 17.8. The molecule has 1 saturated heterocycles. The summed E-state index contributed by atoms with van der Waals surface area (Å²) in [4.78, 5) is 23.3. The molecule has 2 rings (SSSR count). The van der Waals surface area contributed by atoms with Crippen molar-refractivity contribution in [2.75, 3.05) is 20.8 Å². The molecule has 0 aromatic heterocycles. The van der Waals surface area contributed by atoms with Crippen molar-refractivity contribution in [3.05, 3.63) is 23.8 Å². The highest BCUT2D eigenvalue weighted by Gasteiger charge is 2.25. The van der Waals surface area contributed by atoms with Gasteiger partial charge in [-0.05, 0) is 12.1 Å². The molecule has 0 bridgehead atoms. The molecule has 1 aromatic carbocycles. The second kappa shape index (κ2) is 5.60. The Balaban J connectivity index is 2.16. The van der Waals surface area contributed by atoms with E-state index in [0.717, 1.165) is 0 Å². The fourth-order valence-corrected chi connectivity index (χ4v) is 2.04. The zero-order valence-electron chi connectivity index (χ0n) is 10.9. The molecule has 0 saturated carbocycles. The number of methoxy groups -OCH3 is 2. The number of carbonyl (C=O) groups excluding carboxylic acids is 2. The van der Waals surface area contributed by atoms with Crippen LogP contribution in [0.5, 0.6) is 11.5 Å². The van der Waals surface area contributed by atoms with Crippen molar-refractivity contribution in [2.45, 2.75) is 12.5 Å². The second-order valence-corrected chi connectivity index (χ2v) is 4.22. The minimum atomic E-state index is -0.280. The maximum absolute atomic E-state index is 12.2. The van der Waals surface area contributed by atoms with E-state index >= 15 is 0 Å². The smallest absolute Gasteiger partial charge is 0.255 e. The van der Waals surface area contributed by atoms with Gasteiger partial charge in [0.05, 0.1) is 25.8 Å². The highest BCUT2D eigenvalue weighted by molar-refractivity contribution is 5.98. The van der Waals surface area contributed by atoms with Crippen molar-refractivity contribution in [2.24, 2.45) is 0 Å². The molecule has 1 aliphatic rings. The van der Waals surface area contributed by atoms with Crippen LogP contribution in [0.2, 0.25) is 0 Å². The summed E-state index contributed by atoms with van der Waals surface area (Å²) < 4.78 is 10.3. The molecule has 0 spiro atoms. The van der Waals surface area contributed by atoms with Gasteiger partial charge in [0.1, 0.15) is 0 Å². The van der Waals surface area contributed by atoms with Crippen LogP contribution >= 0.6 is 0 Å². The van der Waals surface area contributed by atoms with Gasteiger partial charge in [-0.25, -0.2) is 0 Å². The third-order valence-corrected chi connectivity index (χ3v) is 2.96. The first-order valence-corrected chi connectivity index (χ1v) is 5.94. The van der Waals surface area contributed by atoms with Crippen molar-refractivity contribution in [3.63, 3.8) is 0 Å². The summed E-state index contributed by atoms with van der Waals surface area (Å²) in [5.41, 5.74) is 0.390. The Morgan fingerprint density at radius 3 is 2.74 bits per heavy atom. The number of ether oxygens (including phenoxy) is 2. The molecule has 1 heterocycles. The summed E-state index contributed by atoms with van der Waals surface area (Å²) in [7, 11) is 2.99. The van der Waals surface area contributed by atoms with Crippen LogP contribution in [0, 0.1) is 0 Å². The van der Waals surface area contributed by atoms with Crippen LogP contribution in [0.3, 0.4) is 0 Å². The first-order valence-electron chi connectivity index (χ1n) is 5.94. The predicted octanol–water partition coefficient (Wildman–Crippen LogP) is 0.322. The molecule has 0 aliphatic carbocycles. The van der Waals surface area contributed by atoms with Gasteiger partial charge in [0.25, 0.3) is 5.91 Å². The van der Waals surface area contributed by atoms with E-state index in [9.17, 15) is 9.59 Å². The van der Waals surface area contributed by atoms with Crippen molar-refractivity contribution in [1.82, 2.24) is 10.6 Å². The van der Waals surface area contributed by atoms with Crippen molar-refractivity contribution in [3.8, 4) is 11.5 Å². The summed E-state index contributed by atoms with van der Waals surface area (Å²) >= 11 is 0. The Kier molecular flexibility index (Phi) is 3.89. The molecule has 1 fully saturated rings. The van der Waals surface area contributed by atoms with E-state index in [2.05, 4.69) is 10.6 Å². The molecule has 2 amide bonds. The summed E-state index contributed by atoms with van der Waals surface area (Å²) in [5, 5.41) is 5.46. The van der Waals surface area contributed by atoms with E-state index in [1.807, 2.05) is 0 Å². The summed E-state index contributed by atoms with van der Waals surface area (Å²) in [6.45, 7) is 0.455. The van der Waals surface area contributed by atoms with Gasteiger partial charge in [-0.3, -0.25) is 9.59 Å². The molecular formula is C13H16N2O4. The number of para-hydroxylation sites is 1. The van der Waals surface area contributed by atoms with Crippen molar-refractivity contribution in [1.29, 1.82) is 0 Å². The lowest BCUT2D eigenvalue weighted by atomic mass is 10.1. The average molecular weight is 264 g/mol. The molecule has 102 valence electrons. The van der Waals surface area contributed by atoms with E-state index < -0.39 is 0 Å². The average Bonchev–Trinajstić information content (AvgIpc) is 2.82. The molecule has 19 heavy (non-hydrogen) atoms. The van der Waals surface area contributed by atoms with Crippen molar-refractivity contribution >= 4 is 11.8 Å². The highest BCUT2D eigenvalue weighted by Crippen LogP contribution is 2.30. The quantitative estimate of drug-likeness (QED) is 0.821. The number of amides is 2. The van der Waals surface area contributed by atoms with Gasteiger partial charge in [-0.2, -0.15) is 0 Å². The summed E-state index contributed by atoms with van der Waals surface area (Å²) in [5.74, 6) is 0.552. The molecule has 0 unspecified atom stereocenters. The SMILES string of the molecule is COc1cccc(C(=O)N[C@@H]2CNC(=O)C2)c1OC. The molecule has 2 N–H and O–H groups in total. The van der Waals surface area contributed by atoms with Gasteiger partial charge < -0.3 is 20.1 Å². The first-order chi connectivity index (χ1) is 9.15. The van der Waals surface area contributed by atoms with Crippen LogP contribution in [-0.4, -0.2) is 38.6 Å². The lowest BCUT2D eigenvalue weighted by Gasteiger charge is -2.14. The van der Waals surface area contributed by atoms with Gasteiger partial charge in [0.15, 0.2) is 11.5 Å². The number of nitrogens with one attached hydrogen (secondary N) is 2. The van der Waals surface area contributed by atoms with Gasteiger partial charge in [-0.15, -0.1) is 0 Å². The van der Waals surface area contributed by atoms with Crippen LogP contribution in [0.25, 0.3) is 0 Å². The molecule has 1 aliphatic heterocycles. The van der Waals surface area contributed by atoms with Crippen LogP contribution < -0.4 is 20.1 Å². The van der Waals surface area contributed by atoms with Gasteiger partial charge in [0, 0.05) is 13.0 Å². The van der Waals surface area contributed by atoms with Gasteiger partial charge in [0.2, 0.25) is 5.91 Å². The number of benzene rings is 1. The Bertz CT molecular complexity index is 501. The van der Waals surface area contributed by atoms with Crippen LogP contribution in [0.1, 0.15) is 16.8 Å². The van der Waals surface area contributed by atoms with Gasteiger partial charge >= 0.3 is 0 Å². The highest BCUT2D eigenvalue weighted by atomic mass is 16.5. The van der Waals surface area contributed by atoms with Crippen molar-refractivity contribution < 1.29 is 19.1 Å². The minimum absolute atomic E-state index is 0.0529. The number of carbonyl (C=O) groups is 2. The van der Waals surface area contributed by atoms with E-state index in [0.29, 0.717) is 30.0 Å². The monoisotopic (exact) mass is 264 g/mol. The maximum Gasteiger partial charge on any atom is 0.255 e. The predicted molar refractivity (Wildman–Crippen MR) is 68.4 cm³/mol. The summed E-state index contributed by atoms with van der Waals surface area (Å²) in [6.07, 6.45) is 0.304. The van der Waals surface area contributed by atoms with Crippen LogP contribution in [0.15, 0.2) is 18.2 Å². The largest absolute Gasteiger partial charge is 0.493 e. The molecule has 6 nitrogen and oxygen atoms in total. The molecular weight excluding hydrogens is 248 g/mol. The Morgan fingerprint density at radius 2 is 2.16 bits per heavy atom. The third kappa shape index (κ3) is 2.78. The van der Waals surface area contributed by atoms with E-state index in [1.54, 1.807) is 18.2 Å². The van der Waals surface area contributed by atoms with E-state index in [-0.39, 0.29) is 17.9 Å². The minimum Gasteiger partial charge on any atom is -0.493 e. The maximum atomic E-state index is 12.2. The number of hydrogen-bond acceptors (Lipinski definition) is 4. The summed E-state index contributed by atoms with van der Waals surface area (Å²) in [6, 6.07) is 4.90. The van der Waals surface area contributed by atoms with Crippen LogP contribution in [-0.2, 0) is 4.79 Å². The Morgan fingerprint density at radius 1 is 1.37 bits per heavy atom.